The molecule has 0 aromatic heterocycles. The van der Waals surface area contributed by atoms with Crippen LogP contribution >= 0.6 is 44.1 Å². The lowest BCUT2D eigenvalue weighted by molar-refractivity contribution is 0.730. The highest BCUT2D eigenvalue weighted by Crippen LogP contribution is 2.12. The molecule has 0 atom stereocenters. The normalized spacial score (nSPS) is 10.4. The first-order valence-electron chi connectivity index (χ1n) is 8.14. The van der Waals surface area contributed by atoms with Crippen molar-refractivity contribution in [3.63, 3.8) is 0 Å². The Kier molecular flexibility index (Phi) is 8.78. The molecule has 0 aliphatic rings. The van der Waals surface area contributed by atoms with Gasteiger partial charge >= 0.3 is 0 Å². The number of aryl methyl sites for hydroxylation is 2. The molecule has 24 heavy (non-hydrogen) atoms. The number of rotatable bonds is 8. The molecular weight excluding hydrogens is 448 g/mol. The van der Waals surface area contributed by atoms with Crippen molar-refractivity contribution >= 4 is 49.2 Å². The SMILES string of the molecule is S=C(NCCCc1ccc(Br)cc1)NCCCc1ccc(Br)cc1. The van der Waals surface area contributed by atoms with Crippen LogP contribution in [0.1, 0.15) is 24.0 Å². The van der Waals surface area contributed by atoms with Crippen LogP contribution in [0.15, 0.2) is 57.5 Å². The topological polar surface area (TPSA) is 24.1 Å². The highest BCUT2D eigenvalue weighted by molar-refractivity contribution is 9.10. The highest BCUT2D eigenvalue weighted by Gasteiger charge is 1.98. The zero-order valence-electron chi connectivity index (χ0n) is 13.5. The molecule has 0 saturated heterocycles. The van der Waals surface area contributed by atoms with Gasteiger partial charge in [-0.2, -0.15) is 0 Å². The van der Waals surface area contributed by atoms with Crippen molar-refractivity contribution in [2.45, 2.75) is 25.7 Å². The highest BCUT2D eigenvalue weighted by atomic mass is 79.9. The van der Waals surface area contributed by atoms with Crippen LogP contribution < -0.4 is 10.6 Å². The van der Waals surface area contributed by atoms with Gasteiger partial charge in [-0.15, -0.1) is 0 Å². The molecular formula is C19H22Br2N2S. The van der Waals surface area contributed by atoms with Crippen molar-refractivity contribution in [2.75, 3.05) is 13.1 Å². The van der Waals surface area contributed by atoms with Crippen LogP contribution in [0.25, 0.3) is 0 Å². The fourth-order valence-corrected chi connectivity index (χ4v) is 3.09. The second-order valence-corrected chi connectivity index (χ2v) is 7.88. The molecule has 2 aromatic rings. The van der Waals surface area contributed by atoms with Gasteiger partial charge in [0.15, 0.2) is 5.11 Å². The third kappa shape index (κ3) is 7.77. The van der Waals surface area contributed by atoms with Gasteiger partial charge in [0.05, 0.1) is 0 Å². The van der Waals surface area contributed by atoms with Crippen molar-refractivity contribution in [1.29, 1.82) is 0 Å². The van der Waals surface area contributed by atoms with E-state index in [0.29, 0.717) is 0 Å². The van der Waals surface area contributed by atoms with Crippen molar-refractivity contribution in [3.8, 4) is 0 Å². The molecule has 2 rings (SSSR count). The van der Waals surface area contributed by atoms with Crippen molar-refractivity contribution in [2.24, 2.45) is 0 Å². The molecule has 2 nitrogen and oxygen atoms in total. The first kappa shape index (κ1) is 19.4. The van der Waals surface area contributed by atoms with E-state index in [1.54, 1.807) is 0 Å². The minimum Gasteiger partial charge on any atom is -0.363 e. The zero-order valence-corrected chi connectivity index (χ0v) is 17.5. The minimum absolute atomic E-state index is 0.751. The molecule has 0 fully saturated rings. The largest absolute Gasteiger partial charge is 0.363 e. The Morgan fingerprint density at radius 3 is 1.46 bits per heavy atom. The lowest BCUT2D eigenvalue weighted by Crippen LogP contribution is -2.36. The molecule has 0 spiro atoms. The van der Waals surface area contributed by atoms with Gasteiger partial charge in [-0.25, -0.2) is 0 Å². The lowest BCUT2D eigenvalue weighted by atomic mass is 10.1. The summed E-state index contributed by atoms with van der Waals surface area (Å²) in [4.78, 5) is 0. The molecule has 0 aliphatic heterocycles. The average molecular weight is 470 g/mol. The van der Waals surface area contributed by atoms with Gasteiger partial charge in [0.25, 0.3) is 0 Å². The molecule has 2 aromatic carbocycles. The summed E-state index contributed by atoms with van der Waals surface area (Å²) in [5.41, 5.74) is 2.71. The summed E-state index contributed by atoms with van der Waals surface area (Å²) in [6.07, 6.45) is 4.27. The van der Waals surface area contributed by atoms with E-state index in [4.69, 9.17) is 12.2 Å². The van der Waals surface area contributed by atoms with E-state index in [0.717, 1.165) is 52.8 Å². The van der Waals surface area contributed by atoms with E-state index in [-0.39, 0.29) is 0 Å². The summed E-state index contributed by atoms with van der Waals surface area (Å²) < 4.78 is 2.25. The van der Waals surface area contributed by atoms with Gasteiger partial charge in [0.1, 0.15) is 0 Å². The minimum atomic E-state index is 0.751. The van der Waals surface area contributed by atoms with Crippen LogP contribution in [0.2, 0.25) is 0 Å². The monoisotopic (exact) mass is 468 g/mol. The number of thiocarbonyl (C=S) groups is 1. The van der Waals surface area contributed by atoms with Gasteiger partial charge < -0.3 is 10.6 Å². The Balaban J connectivity index is 1.52. The second-order valence-electron chi connectivity index (χ2n) is 5.64. The number of halogens is 2. The molecule has 128 valence electrons. The van der Waals surface area contributed by atoms with Crippen LogP contribution in [0, 0.1) is 0 Å². The predicted octanol–water partition coefficient (Wildman–Crippen LogP) is 5.24. The third-order valence-electron chi connectivity index (χ3n) is 3.68. The maximum Gasteiger partial charge on any atom is 0.166 e. The summed E-state index contributed by atoms with van der Waals surface area (Å²) in [6, 6.07) is 17.0. The third-order valence-corrected chi connectivity index (χ3v) is 5.03. The summed E-state index contributed by atoms with van der Waals surface area (Å²) >= 11 is 12.2. The molecule has 2 N–H and O–H groups in total. The lowest BCUT2D eigenvalue weighted by Gasteiger charge is -2.10. The average Bonchev–Trinajstić information content (AvgIpc) is 2.59. The van der Waals surface area contributed by atoms with Gasteiger partial charge in [-0.3, -0.25) is 0 Å². The van der Waals surface area contributed by atoms with E-state index in [9.17, 15) is 0 Å². The Morgan fingerprint density at radius 2 is 1.08 bits per heavy atom. The van der Waals surface area contributed by atoms with Gasteiger partial charge in [-0.1, -0.05) is 56.1 Å². The van der Waals surface area contributed by atoms with Crippen molar-refractivity contribution in [1.82, 2.24) is 10.6 Å². The van der Waals surface area contributed by atoms with Gasteiger partial charge in [-0.05, 0) is 73.3 Å². The quantitative estimate of drug-likeness (QED) is 0.408. The predicted molar refractivity (Wildman–Crippen MR) is 114 cm³/mol. The molecule has 0 bridgehead atoms. The van der Waals surface area contributed by atoms with Gasteiger partial charge in [0.2, 0.25) is 0 Å². The van der Waals surface area contributed by atoms with Crippen LogP contribution in [0.5, 0.6) is 0 Å². The fourth-order valence-electron chi connectivity index (χ4n) is 2.35. The Bertz CT molecular complexity index is 571. The summed E-state index contributed by atoms with van der Waals surface area (Å²) in [5.74, 6) is 0. The smallest absolute Gasteiger partial charge is 0.166 e. The Labute approximate surface area is 166 Å². The standard InChI is InChI=1S/C19H22Br2N2S/c20-17-9-5-15(6-10-17)3-1-13-22-19(24)23-14-2-4-16-7-11-18(21)12-8-16/h5-12H,1-4,13-14H2,(H2,22,23,24). The molecule has 0 heterocycles. The first-order valence-corrected chi connectivity index (χ1v) is 10.1. The number of benzene rings is 2. The van der Waals surface area contributed by atoms with Crippen LogP contribution in [-0.2, 0) is 12.8 Å². The van der Waals surface area contributed by atoms with E-state index >= 15 is 0 Å². The van der Waals surface area contributed by atoms with E-state index in [2.05, 4.69) is 91.0 Å². The van der Waals surface area contributed by atoms with Crippen molar-refractivity contribution in [3.05, 3.63) is 68.6 Å². The molecule has 0 radical (unpaired) electrons. The van der Waals surface area contributed by atoms with Crippen LogP contribution in [-0.4, -0.2) is 18.2 Å². The molecule has 0 aliphatic carbocycles. The fraction of sp³-hybridized carbons (Fsp3) is 0.316. The van der Waals surface area contributed by atoms with E-state index in [1.807, 2.05) is 0 Å². The van der Waals surface area contributed by atoms with Gasteiger partial charge in [0, 0.05) is 22.0 Å². The molecule has 0 unspecified atom stereocenters. The van der Waals surface area contributed by atoms with Crippen molar-refractivity contribution < 1.29 is 0 Å². The summed E-state index contributed by atoms with van der Waals surface area (Å²) in [7, 11) is 0. The number of nitrogens with one attached hydrogen (secondary N) is 2. The van der Waals surface area contributed by atoms with Crippen LogP contribution in [0.3, 0.4) is 0 Å². The van der Waals surface area contributed by atoms with E-state index in [1.165, 1.54) is 11.1 Å². The maximum atomic E-state index is 5.31. The number of hydrogen-bond acceptors (Lipinski definition) is 1. The molecule has 0 saturated carbocycles. The molecule has 0 amide bonds. The maximum absolute atomic E-state index is 5.31. The second kappa shape index (κ2) is 10.9. The first-order chi connectivity index (χ1) is 11.6. The zero-order chi connectivity index (χ0) is 17.2. The number of hydrogen-bond donors (Lipinski definition) is 2. The van der Waals surface area contributed by atoms with E-state index < -0.39 is 0 Å². The summed E-state index contributed by atoms with van der Waals surface area (Å²) in [6.45, 7) is 1.79. The Hall–Kier alpha value is -0.910. The Morgan fingerprint density at radius 1 is 0.708 bits per heavy atom. The van der Waals surface area contributed by atoms with Crippen LogP contribution in [0.4, 0.5) is 0 Å². The molecule has 5 heteroatoms. The summed E-state index contributed by atoms with van der Waals surface area (Å²) in [5, 5.41) is 7.30.